The molecule has 0 atom stereocenters. The average molecular weight is 255 g/mol. The number of amidine groups is 1. The van der Waals surface area contributed by atoms with Crippen molar-refractivity contribution >= 4 is 5.84 Å². The van der Waals surface area contributed by atoms with Crippen LogP contribution in [0.2, 0.25) is 0 Å². The van der Waals surface area contributed by atoms with E-state index < -0.39 is 0 Å². The van der Waals surface area contributed by atoms with E-state index in [2.05, 4.69) is 32.6 Å². The monoisotopic (exact) mass is 255 g/mol. The van der Waals surface area contributed by atoms with E-state index in [4.69, 9.17) is 11.1 Å². The lowest BCUT2D eigenvalue weighted by molar-refractivity contribution is 0.250. The molecule has 0 aromatic carbocycles. The van der Waals surface area contributed by atoms with Gasteiger partial charge in [0.05, 0.1) is 5.84 Å². The molecule has 0 radical (unpaired) electrons. The third-order valence-electron chi connectivity index (χ3n) is 3.66. The largest absolute Gasteiger partial charge is 0.387 e. The van der Waals surface area contributed by atoms with E-state index in [0.29, 0.717) is 5.84 Å². The summed E-state index contributed by atoms with van der Waals surface area (Å²) in [5.41, 5.74) is 5.48. The molecule has 0 fully saturated rings. The maximum absolute atomic E-state index is 7.57. The first-order valence-electron chi connectivity index (χ1n) is 7.51. The van der Waals surface area contributed by atoms with Crippen molar-refractivity contribution in [1.82, 2.24) is 4.90 Å². The maximum Gasteiger partial charge on any atom is 0.0963 e. The van der Waals surface area contributed by atoms with Crippen molar-refractivity contribution < 1.29 is 0 Å². The Bertz CT molecular complexity index is 216. The molecular formula is C15H33N3. The predicted molar refractivity (Wildman–Crippen MR) is 81.2 cm³/mol. The van der Waals surface area contributed by atoms with E-state index in [-0.39, 0.29) is 5.41 Å². The minimum atomic E-state index is -0.138. The predicted octanol–water partition coefficient (Wildman–Crippen LogP) is 3.63. The Kier molecular flexibility index (Phi) is 9.08. The van der Waals surface area contributed by atoms with E-state index >= 15 is 0 Å². The van der Waals surface area contributed by atoms with Crippen LogP contribution in [-0.2, 0) is 0 Å². The Balaban J connectivity index is 3.97. The molecule has 0 aromatic rings. The molecule has 108 valence electrons. The molecule has 0 bridgehead atoms. The summed E-state index contributed by atoms with van der Waals surface area (Å²) in [7, 11) is 0. The average Bonchev–Trinajstić information content (AvgIpc) is 2.31. The fourth-order valence-corrected chi connectivity index (χ4v) is 1.98. The quantitative estimate of drug-likeness (QED) is 0.437. The van der Waals surface area contributed by atoms with Gasteiger partial charge in [-0.25, -0.2) is 0 Å². The molecular weight excluding hydrogens is 222 g/mol. The zero-order valence-corrected chi connectivity index (χ0v) is 12.9. The van der Waals surface area contributed by atoms with E-state index in [9.17, 15) is 0 Å². The molecule has 3 nitrogen and oxygen atoms in total. The third-order valence-corrected chi connectivity index (χ3v) is 3.66. The smallest absolute Gasteiger partial charge is 0.0963 e. The number of nitrogens with one attached hydrogen (secondary N) is 1. The van der Waals surface area contributed by atoms with Crippen molar-refractivity contribution in [3.8, 4) is 0 Å². The normalized spacial score (nSPS) is 12.1. The summed E-state index contributed by atoms with van der Waals surface area (Å²) in [5.74, 6) is 0.316. The minimum Gasteiger partial charge on any atom is -0.387 e. The van der Waals surface area contributed by atoms with Gasteiger partial charge in [-0.05, 0) is 45.3 Å². The summed E-state index contributed by atoms with van der Waals surface area (Å²) in [6, 6.07) is 0. The van der Waals surface area contributed by atoms with Crippen molar-refractivity contribution in [2.24, 2.45) is 11.1 Å². The molecule has 0 saturated heterocycles. The Morgan fingerprint density at radius 3 is 1.83 bits per heavy atom. The lowest BCUT2D eigenvalue weighted by Gasteiger charge is -2.26. The van der Waals surface area contributed by atoms with Crippen LogP contribution in [0.25, 0.3) is 0 Å². The van der Waals surface area contributed by atoms with Crippen LogP contribution >= 0.6 is 0 Å². The van der Waals surface area contributed by atoms with Gasteiger partial charge in [-0.3, -0.25) is 5.41 Å². The lowest BCUT2D eigenvalue weighted by atomic mass is 9.86. The van der Waals surface area contributed by atoms with Gasteiger partial charge in [0.1, 0.15) is 0 Å². The number of unbranched alkanes of at least 4 members (excludes halogenated alkanes) is 2. The Morgan fingerprint density at radius 1 is 1.00 bits per heavy atom. The van der Waals surface area contributed by atoms with Crippen LogP contribution in [0.5, 0.6) is 0 Å². The first-order chi connectivity index (χ1) is 8.44. The highest BCUT2D eigenvalue weighted by Gasteiger charge is 2.21. The Labute approximate surface area is 114 Å². The van der Waals surface area contributed by atoms with Gasteiger partial charge in [-0.1, -0.05) is 40.5 Å². The summed E-state index contributed by atoms with van der Waals surface area (Å²) in [6.45, 7) is 12.2. The summed E-state index contributed by atoms with van der Waals surface area (Å²) >= 11 is 0. The SMILES string of the molecule is CCCCN(CCCC)CCCC(C)(C)C(=N)N. The van der Waals surface area contributed by atoms with Gasteiger partial charge >= 0.3 is 0 Å². The van der Waals surface area contributed by atoms with E-state index in [1.165, 1.54) is 38.8 Å². The maximum atomic E-state index is 7.57. The highest BCUT2D eigenvalue weighted by atomic mass is 15.1. The van der Waals surface area contributed by atoms with Gasteiger partial charge in [0.2, 0.25) is 0 Å². The minimum absolute atomic E-state index is 0.138. The number of nitrogens with two attached hydrogens (primary N) is 1. The Hall–Kier alpha value is -0.570. The third kappa shape index (κ3) is 7.70. The molecule has 0 saturated carbocycles. The summed E-state index contributed by atoms with van der Waals surface area (Å²) < 4.78 is 0. The van der Waals surface area contributed by atoms with Gasteiger partial charge in [-0.15, -0.1) is 0 Å². The van der Waals surface area contributed by atoms with Crippen LogP contribution < -0.4 is 5.73 Å². The van der Waals surface area contributed by atoms with Crippen LogP contribution in [0.4, 0.5) is 0 Å². The zero-order chi connectivity index (χ0) is 14.0. The highest BCUT2D eigenvalue weighted by molar-refractivity contribution is 5.82. The molecule has 3 N–H and O–H groups in total. The fourth-order valence-electron chi connectivity index (χ4n) is 1.98. The second kappa shape index (κ2) is 9.37. The van der Waals surface area contributed by atoms with Crippen molar-refractivity contribution in [1.29, 1.82) is 5.41 Å². The van der Waals surface area contributed by atoms with Crippen LogP contribution in [0.1, 0.15) is 66.2 Å². The molecule has 18 heavy (non-hydrogen) atoms. The molecule has 0 amide bonds. The summed E-state index contributed by atoms with van der Waals surface area (Å²) in [5, 5.41) is 7.57. The van der Waals surface area contributed by atoms with E-state index in [1.807, 2.05) is 0 Å². The van der Waals surface area contributed by atoms with Gasteiger partial charge < -0.3 is 10.6 Å². The van der Waals surface area contributed by atoms with Gasteiger partial charge in [-0.2, -0.15) is 0 Å². The second-order valence-corrected chi connectivity index (χ2v) is 5.95. The zero-order valence-electron chi connectivity index (χ0n) is 12.9. The first kappa shape index (κ1) is 17.4. The van der Waals surface area contributed by atoms with Crippen LogP contribution in [0, 0.1) is 10.8 Å². The molecule has 0 spiro atoms. The summed E-state index contributed by atoms with van der Waals surface area (Å²) in [4.78, 5) is 2.57. The molecule has 0 rings (SSSR count). The Morgan fingerprint density at radius 2 is 1.44 bits per heavy atom. The number of nitrogens with zero attached hydrogens (tertiary/aromatic N) is 1. The molecule has 0 aliphatic carbocycles. The first-order valence-corrected chi connectivity index (χ1v) is 7.51. The summed E-state index contributed by atoms with van der Waals surface area (Å²) in [6.07, 6.45) is 7.26. The van der Waals surface area contributed by atoms with E-state index in [1.54, 1.807) is 0 Å². The van der Waals surface area contributed by atoms with Crippen LogP contribution in [0.3, 0.4) is 0 Å². The van der Waals surface area contributed by atoms with Gasteiger partial charge in [0.15, 0.2) is 0 Å². The van der Waals surface area contributed by atoms with E-state index in [0.717, 1.165) is 19.4 Å². The molecule has 0 aliphatic rings. The topological polar surface area (TPSA) is 53.1 Å². The molecule has 0 aliphatic heterocycles. The number of hydrogen-bond acceptors (Lipinski definition) is 2. The van der Waals surface area contributed by atoms with Gasteiger partial charge in [0.25, 0.3) is 0 Å². The molecule has 3 heteroatoms. The second-order valence-electron chi connectivity index (χ2n) is 5.95. The van der Waals surface area contributed by atoms with Crippen LogP contribution in [0.15, 0.2) is 0 Å². The standard InChI is InChI=1S/C15H33N3/c1-5-7-11-18(12-8-6-2)13-9-10-15(3,4)14(16)17/h5-13H2,1-4H3,(H3,16,17). The fraction of sp³-hybridized carbons (Fsp3) is 0.933. The molecule has 0 aromatic heterocycles. The van der Waals surface area contributed by atoms with Crippen molar-refractivity contribution in [3.63, 3.8) is 0 Å². The van der Waals surface area contributed by atoms with Crippen molar-refractivity contribution in [3.05, 3.63) is 0 Å². The van der Waals surface area contributed by atoms with Crippen LogP contribution in [-0.4, -0.2) is 30.4 Å². The lowest BCUT2D eigenvalue weighted by Crippen LogP contribution is -2.33. The van der Waals surface area contributed by atoms with Gasteiger partial charge in [0, 0.05) is 5.41 Å². The highest BCUT2D eigenvalue weighted by Crippen LogP contribution is 2.21. The van der Waals surface area contributed by atoms with Crippen molar-refractivity contribution in [2.45, 2.75) is 66.2 Å². The number of rotatable bonds is 11. The molecule has 0 heterocycles. The van der Waals surface area contributed by atoms with Crippen molar-refractivity contribution in [2.75, 3.05) is 19.6 Å². The molecule has 0 unspecified atom stereocenters. The number of hydrogen-bond donors (Lipinski definition) is 2.